The van der Waals surface area contributed by atoms with Gasteiger partial charge in [0.2, 0.25) is 12.7 Å². The van der Waals surface area contributed by atoms with Gasteiger partial charge in [0.15, 0.2) is 17.6 Å². The molecule has 4 amide bonds. The van der Waals surface area contributed by atoms with E-state index in [-0.39, 0.29) is 50.3 Å². The summed E-state index contributed by atoms with van der Waals surface area (Å²) in [6, 6.07) is 11.7. The monoisotopic (exact) mass is 525 g/mol. The zero-order valence-corrected chi connectivity index (χ0v) is 21.0. The highest BCUT2D eigenvalue weighted by molar-refractivity contribution is 6.31. The van der Waals surface area contributed by atoms with Gasteiger partial charge in [0.1, 0.15) is 6.54 Å². The van der Waals surface area contributed by atoms with E-state index >= 15 is 0 Å². The van der Waals surface area contributed by atoms with E-state index in [0.29, 0.717) is 16.5 Å². The SMILES string of the molecule is O=C(CN1C(=O)N(Cc2ccc3c(c2)OCO3)C(=O)C2OC3CCCCC3C21)NCc1ccccc1Cl. The summed E-state index contributed by atoms with van der Waals surface area (Å²) in [4.78, 5) is 43.1. The number of hydrogen-bond acceptors (Lipinski definition) is 6. The molecule has 3 fully saturated rings. The lowest BCUT2D eigenvalue weighted by molar-refractivity contribution is -0.148. The first-order chi connectivity index (χ1) is 18.0. The molecule has 1 saturated carbocycles. The fourth-order valence-electron chi connectivity index (χ4n) is 5.89. The molecule has 2 aromatic rings. The van der Waals surface area contributed by atoms with Crippen molar-refractivity contribution in [2.24, 2.45) is 5.92 Å². The third-order valence-electron chi connectivity index (χ3n) is 7.70. The fourth-order valence-corrected chi connectivity index (χ4v) is 6.10. The maximum absolute atomic E-state index is 13.8. The third-order valence-corrected chi connectivity index (χ3v) is 8.06. The Morgan fingerprint density at radius 3 is 2.73 bits per heavy atom. The second-order valence-corrected chi connectivity index (χ2v) is 10.3. The van der Waals surface area contributed by atoms with Crippen molar-refractivity contribution < 1.29 is 28.6 Å². The Labute approximate surface area is 219 Å². The lowest BCUT2D eigenvalue weighted by Crippen LogP contribution is -2.65. The minimum absolute atomic E-state index is 0.0377. The predicted octanol–water partition coefficient (Wildman–Crippen LogP) is 3.48. The van der Waals surface area contributed by atoms with Gasteiger partial charge in [-0.1, -0.05) is 48.7 Å². The van der Waals surface area contributed by atoms with Gasteiger partial charge in [-0.2, -0.15) is 0 Å². The molecule has 37 heavy (non-hydrogen) atoms. The number of hydrogen-bond donors (Lipinski definition) is 1. The topological polar surface area (TPSA) is 97.4 Å². The Bertz CT molecular complexity index is 1240. The maximum Gasteiger partial charge on any atom is 0.327 e. The van der Waals surface area contributed by atoms with Crippen molar-refractivity contribution >= 4 is 29.4 Å². The van der Waals surface area contributed by atoms with E-state index < -0.39 is 18.2 Å². The molecule has 1 N–H and O–H groups in total. The van der Waals surface area contributed by atoms with E-state index in [4.69, 9.17) is 25.8 Å². The number of imide groups is 1. The number of rotatable bonds is 6. The molecule has 3 heterocycles. The minimum atomic E-state index is -0.781. The molecule has 0 radical (unpaired) electrons. The first-order valence-corrected chi connectivity index (χ1v) is 13.0. The molecule has 3 aliphatic heterocycles. The van der Waals surface area contributed by atoms with Gasteiger partial charge < -0.3 is 24.4 Å². The number of halogens is 1. The number of carbonyl (C=O) groups is 3. The molecule has 0 spiro atoms. The summed E-state index contributed by atoms with van der Waals surface area (Å²) in [6.07, 6.45) is 2.90. The molecular formula is C27H28ClN3O6. The Hall–Kier alpha value is -3.30. The lowest BCUT2D eigenvalue weighted by Gasteiger charge is -2.43. The van der Waals surface area contributed by atoms with Gasteiger partial charge in [-0.05, 0) is 42.2 Å². The van der Waals surface area contributed by atoms with Crippen molar-refractivity contribution in [2.45, 2.75) is 57.0 Å². The molecule has 194 valence electrons. The summed E-state index contributed by atoms with van der Waals surface area (Å²) in [5.41, 5.74) is 1.51. The van der Waals surface area contributed by atoms with Crippen molar-refractivity contribution in [3.05, 3.63) is 58.6 Å². The van der Waals surface area contributed by atoms with Crippen LogP contribution in [0.4, 0.5) is 4.79 Å². The summed E-state index contributed by atoms with van der Waals surface area (Å²) in [7, 11) is 0. The number of benzene rings is 2. The molecule has 4 unspecified atom stereocenters. The quantitative estimate of drug-likeness (QED) is 0.620. The first kappa shape index (κ1) is 24.1. The third kappa shape index (κ3) is 4.51. The normalized spacial score (nSPS) is 26.2. The van der Waals surface area contributed by atoms with Crippen molar-refractivity contribution in [3.63, 3.8) is 0 Å². The molecule has 10 heteroatoms. The Balaban J connectivity index is 1.23. The average Bonchev–Trinajstić information content (AvgIpc) is 3.53. The number of nitrogens with zero attached hydrogens (tertiary/aromatic N) is 2. The largest absolute Gasteiger partial charge is 0.454 e. The van der Waals surface area contributed by atoms with Crippen LogP contribution in [-0.4, -0.2) is 59.2 Å². The minimum Gasteiger partial charge on any atom is -0.454 e. The molecule has 9 nitrogen and oxygen atoms in total. The summed E-state index contributed by atoms with van der Waals surface area (Å²) >= 11 is 6.23. The van der Waals surface area contributed by atoms with Crippen LogP contribution in [0.25, 0.3) is 0 Å². The highest BCUT2D eigenvalue weighted by atomic mass is 35.5. The van der Waals surface area contributed by atoms with Crippen LogP contribution in [0.2, 0.25) is 5.02 Å². The van der Waals surface area contributed by atoms with Gasteiger partial charge in [0.05, 0.1) is 18.7 Å². The maximum atomic E-state index is 13.8. The fraction of sp³-hybridized carbons (Fsp3) is 0.444. The van der Waals surface area contributed by atoms with Gasteiger partial charge in [0.25, 0.3) is 5.91 Å². The smallest absolute Gasteiger partial charge is 0.327 e. The molecule has 2 saturated heterocycles. The molecule has 0 bridgehead atoms. The number of ether oxygens (including phenoxy) is 3. The Kier molecular flexibility index (Phi) is 6.42. The summed E-state index contributed by atoms with van der Waals surface area (Å²) in [5.74, 6) is 0.570. The van der Waals surface area contributed by atoms with Crippen LogP contribution in [0.1, 0.15) is 36.8 Å². The Morgan fingerprint density at radius 2 is 1.86 bits per heavy atom. The zero-order valence-electron chi connectivity index (χ0n) is 20.2. The number of urea groups is 1. The summed E-state index contributed by atoms with van der Waals surface area (Å²) in [5, 5.41) is 3.43. The molecule has 6 rings (SSSR count). The lowest BCUT2D eigenvalue weighted by atomic mass is 9.81. The molecule has 1 aliphatic carbocycles. The number of nitrogens with one attached hydrogen (secondary N) is 1. The molecule has 2 aromatic carbocycles. The first-order valence-electron chi connectivity index (χ1n) is 12.7. The van der Waals surface area contributed by atoms with Crippen LogP contribution in [-0.2, 0) is 27.4 Å². The van der Waals surface area contributed by atoms with E-state index in [1.165, 1.54) is 9.80 Å². The predicted molar refractivity (Wildman–Crippen MR) is 133 cm³/mol. The highest BCUT2D eigenvalue weighted by Crippen LogP contribution is 2.43. The Morgan fingerprint density at radius 1 is 1.05 bits per heavy atom. The van der Waals surface area contributed by atoms with Crippen LogP contribution in [0.5, 0.6) is 11.5 Å². The number of fused-ring (bicyclic) bond motifs is 4. The van der Waals surface area contributed by atoms with E-state index in [1.807, 2.05) is 18.2 Å². The average molecular weight is 526 g/mol. The van der Waals surface area contributed by atoms with E-state index in [0.717, 1.165) is 36.8 Å². The molecule has 4 aliphatic rings. The summed E-state index contributed by atoms with van der Waals surface area (Å²) in [6.45, 7) is 0.269. The van der Waals surface area contributed by atoms with Crippen LogP contribution < -0.4 is 14.8 Å². The van der Waals surface area contributed by atoms with E-state index in [2.05, 4.69) is 5.32 Å². The van der Waals surface area contributed by atoms with Crippen molar-refractivity contribution in [3.8, 4) is 11.5 Å². The molecule has 0 aromatic heterocycles. The van der Waals surface area contributed by atoms with Crippen LogP contribution in [0.3, 0.4) is 0 Å². The van der Waals surface area contributed by atoms with Crippen molar-refractivity contribution in [2.75, 3.05) is 13.3 Å². The molecular weight excluding hydrogens is 498 g/mol. The van der Waals surface area contributed by atoms with Gasteiger partial charge in [-0.3, -0.25) is 14.5 Å². The molecule has 4 atom stereocenters. The zero-order chi connectivity index (χ0) is 25.5. The van der Waals surface area contributed by atoms with Gasteiger partial charge in [-0.25, -0.2) is 4.79 Å². The van der Waals surface area contributed by atoms with Gasteiger partial charge in [-0.15, -0.1) is 0 Å². The second-order valence-electron chi connectivity index (χ2n) is 9.92. The standard InChI is InChI=1S/C27H28ClN3O6/c28-19-7-3-1-5-17(19)12-29-23(32)14-30-24-18-6-2-4-8-20(18)37-25(24)26(33)31(27(30)34)13-16-9-10-21-22(11-16)36-15-35-21/h1,3,5,7,9-11,18,20,24-25H,2,4,6,8,12-15H2,(H,29,32). The van der Waals surface area contributed by atoms with E-state index in [1.54, 1.807) is 24.3 Å². The second kappa shape index (κ2) is 9.87. The van der Waals surface area contributed by atoms with Crippen LogP contribution >= 0.6 is 11.6 Å². The van der Waals surface area contributed by atoms with Crippen LogP contribution in [0.15, 0.2) is 42.5 Å². The van der Waals surface area contributed by atoms with Gasteiger partial charge in [0, 0.05) is 17.5 Å². The van der Waals surface area contributed by atoms with Gasteiger partial charge >= 0.3 is 6.03 Å². The summed E-state index contributed by atoms with van der Waals surface area (Å²) < 4.78 is 17.1. The number of amides is 4. The number of carbonyl (C=O) groups excluding carboxylic acids is 3. The van der Waals surface area contributed by atoms with E-state index in [9.17, 15) is 14.4 Å². The van der Waals surface area contributed by atoms with Crippen molar-refractivity contribution in [1.29, 1.82) is 0 Å². The van der Waals surface area contributed by atoms with Crippen molar-refractivity contribution in [1.82, 2.24) is 15.1 Å². The van der Waals surface area contributed by atoms with Crippen LogP contribution in [0, 0.1) is 5.92 Å². The highest BCUT2D eigenvalue weighted by Gasteiger charge is 2.57.